The number of nitrogens with one attached hydrogen (secondary N) is 3. The Bertz CT molecular complexity index is 1530. The minimum atomic E-state index is -3.94. The van der Waals surface area contributed by atoms with E-state index in [1.54, 1.807) is 55.5 Å². The first-order valence-corrected chi connectivity index (χ1v) is 13.1. The molecule has 4 rings (SSSR count). The number of carbonyl (C=O) groups is 2. The van der Waals surface area contributed by atoms with Crippen LogP contribution in [0.2, 0.25) is 0 Å². The van der Waals surface area contributed by atoms with Crippen molar-refractivity contribution >= 4 is 33.2 Å². The van der Waals surface area contributed by atoms with Gasteiger partial charge in [0.25, 0.3) is 21.8 Å². The highest BCUT2D eigenvalue weighted by atomic mass is 32.2. The maximum absolute atomic E-state index is 13.1. The molecule has 188 valence electrons. The lowest BCUT2D eigenvalue weighted by Gasteiger charge is -2.14. The molecule has 4 aromatic carbocycles. The summed E-state index contributed by atoms with van der Waals surface area (Å²) in [4.78, 5) is 25.9. The zero-order chi connectivity index (χ0) is 26.4. The second-order valence-electron chi connectivity index (χ2n) is 8.62. The van der Waals surface area contributed by atoms with E-state index in [0.717, 1.165) is 11.1 Å². The summed E-state index contributed by atoms with van der Waals surface area (Å²) in [5.41, 5.74) is 3.65. The largest absolute Gasteiger partial charge is 0.348 e. The lowest BCUT2D eigenvalue weighted by Crippen LogP contribution is -2.25. The summed E-state index contributed by atoms with van der Waals surface area (Å²) in [7, 11) is -3.94. The zero-order valence-corrected chi connectivity index (χ0v) is 21.3. The maximum Gasteiger partial charge on any atom is 0.262 e. The van der Waals surface area contributed by atoms with Crippen molar-refractivity contribution in [1.29, 1.82) is 0 Å². The smallest absolute Gasteiger partial charge is 0.262 e. The standard InChI is InChI=1S/C29H27N3O4S/c1-20-12-16-24(17-13-20)32-37(35,36)27-18-23(15-14-21(27)2)28(33)31-26-11-7-6-10-25(26)29(34)30-19-22-8-4-3-5-9-22/h3-18,32H,19H2,1-2H3,(H,30,34)(H,31,33). The Morgan fingerprint density at radius 2 is 1.43 bits per heavy atom. The van der Waals surface area contributed by atoms with Crippen molar-refractivity contribution in [3.63, 3.8) is 0 Å². The van der Waals surface area contributed by atoms with Gasteiger partial charge in [0.05, 0.1) is 16.1 Å². The Morgan fingerprint density at radius 1 is 0.757 bits per heavy atom. The van der Waals surface area contributed by atoms with E-state index in [4.69, 9.17) is 0 Å². The number of benzene rings is 4. The van der Waals surface area contributed by atoms with E-state index in [1.165, 1.54) is 6.07 Å². The number of anilines is 2. The molecule has 4 aromatic rings. The fourth-order valence-electron chi connectivity index (χ4n) is 3.72. The Morgan fingerprint density at radius 3 is 2.16 bits per heavy atom. The molecule has 0 radical (unpaired) electrons. The normalized spacial score (nSPS) is 11.0. The molecule has 2 amide bonds. The molecule has 0 heterocycles. The fraction of sp³-hybridized carbons (Fsp3) is 0.103. The first kappa shape index (κ1) is 25.7. The van der Waals surface area contributed by atoms with E-state index in [2.05, 4.69) is 15.4 Å². The van der Waals surface area contributed by atoms with Crippen LogP contribution >= 0.6 is 0 Å². The van der Waals surface area contributed by atoms with E-state index < -0.39 is 15.9 Å². The van der Waals surface area contributed by atoms with Crippen molar-refractivity contribution in [1.82, 2.24) is 5.32 Å². The predicted octanol–water partition coefficient (Wildman–Crippen LogP) is 5.29. The SMILES string of the molecule is Cc1ccc(NS(=O)(=O)c2cc(C(=O)Nc3ccccc3C(=O)NCc3ccccc3)ccc2C)cc1. The van der Waals surface area contributed by atoms with Gasteiger partial charge in [-0.1, -0.05) is 66.2 Å². The van der Waals surface area contributed by atoms with Crippen molar-refractivity contribution in [2.45, 2.75) is 25.3 Å². The average molecular weight is 514 g/mol. The Balaban J connectivity index is 1.52. The molecular weight excluding hydrogens is 486 g/mol. The van der Waals surface area contributed by atoms with E-state index in [9.17, 15) is 18.0 Å². The molecule has 0 fully saturated rings. The molecule has 0 saturated heterocycles. The second kappa shape index (κ2) is 11.1. The quantitative estimate of drug-likeness (QED) is 0.298. The van der Waals surface area contributed by atoms with Crippen LogP contribution in [0.3, 0.4) is 0 Å². The summed E-state index contributed by atoms with van der Waals surface area (Å²) >= 11 is 0. The number of hydrogen-bond donors (Lipinski definition) is 3. The Hall–Kier alpha value is -4.43. The van der Waals surface area contributed by atoms with Crippen LogP contribution in [-0.4, -0.2) is 20.2 Å². The van der Waals surface area contributed by atoms with Gasteiger partial charge in [-0.15, -0.1) is 0 Å². The minimum Gasteiger partial charge on any atom is -0.348 e. The fourth-order valence-corrected chi connectivity index (χ4v) is 5.05. The molecule has 3 N–H and O–H groups in total. The predicted molar refractivity (Wildman–Crippen MR) is 145 cm³/mol. The van der Waals surface area contributed by atoms with Crippen LogP contribution in [0, 0.1) is 13.8 Å². The summed E-state index contributed by atoms with van der Waals surface area (Å²) in [6.45, 7) is 3.92. The van der Waals surface area contributed by atoms with Gasteiger partial charge < -0.3 is 10.6 Å². The molecule has 0 aromatic heterocycles. The third-order valence-electron chi connectivity index (χ3n) is 5.76. The summed E-state index contributed by atoms with van der Waals surface area (Å²) in [6, 6.07) is 27.6. The van der Waals surface area contributed by atoms with E-state index in [0.29, 0.717) is 29.0 Å². The molecule has 0 spiro atoms. The van der Waals surface area contributed by atoms with Crippen molar-refractivity contribution < 1.29 is 18.0 Å². The van der Waals surface area contributed by atoms with Crippen LogP contribution < -0.4 is 15.4 Å². The number of sulfonamides is 1. The molecule has 0 atom stereocenters. The van der Waals surface area contributed by atoms with E-state index in [-0.39, 0.29) is 16.4 Å². The Labute approximate surface area is 216 Å². The summed E-state index contributed by atoms with van der Waals surface area (Å²) in [5, 5.41) is 5.60. The molecular formula is C29H27N3O4S. The number of para-hydroxylation sites is 1. The van der Waals surface area contributed by atoms with Crippen LogP contribution in [0.5, 0.6) is 0 Å². The van der Waals surface area contributed by atoms with Gasteiger partial charge in [0.1, 0.15) is 0 Å². The summed E-state index contributed by atoms with van der Waals surface area (Å²) in [6.07, 6.45) is 0. The number of hydrogen-bond acceptors (Lipinski definition) is 4. The number of rotatable bonds is 8. The van der Waals surface area contributed by atoms with Gasteiger partial charge >= 0.3 is 0 Å². The summed E-state index contributed by atoms with van der Waals surface area (Å²) < 4.78 is 28.7. The van der Waals surface area contributed by atoms with Crippen LogP contribution in [0.4, 0.5) is 11.4 Å². The molecule has 0 saturated carbocycles. The topological polar surface area (TPSA) is 104 Å². The maximum atomic E-state index is 13.1. The highest BCUT2D eigenvalue weighted by molar-refractivity contribution is 7.92. The monoisotopic (exact) mass is 513 g/mol. The molecule has 0 aliphatic rings. The average Bonchev–Trinajstić information content (AvgIpc) is 2.89. The number of amides is 2. The van der Waals surface area contributed by atoms with Gasteiger partial charge in [0, 0.05) is 17.8 Å². The molecule has 0 aliphatic carbocycles. The lowest BCUT2D eigenvalue weighted by atomic mass is 10.1. The molecule has 0 unspecified atom stereocenters. The minimum absolute atomic E-state index is 0.00499. The third-order valence-corrected chi connectivity index (χ3v) is 7.28. The first-order chi connectivity index (χ1) is 17.7. The van der Waals surface area contributed by atoms with Gasteiger partial charge in [0.15, 0.2) is 0 Å². The van der Waals surface area contributed by atoms with Crippen LogP contribution in [-0.2, 0) is 16.6 Å². The van der Waals surface area contributed by atoms with Crippen molar-refractivity contribution in [2.75, 3.05) is 10.0 Å². The molecule has 37 heavy (non-hydrogen) atoms. The molecule has 0 aliphatic heterocycles. The highest BCUT2D eigenvalue weighted by Crippen LogP contribution is 2.23. The summed E-state index contributed by atoms with van der Waals surface area (Å²) in [5.74, 6) is -0.871. The van der Waals surface area contributed by atoms with Gasteiger partial charge in [-0.25, -0.2) is 8.42 Å². The first-order valence-electron chi connectivity index (χ1n) is 11.7. The highest BCUT2D eigenvalue weighted by Gasteiger charge is 2.20. The number of aryl methyl sites for hydroxylation is 2. The van der Waals surface area contributed by atoms with E-state index in [1.807, 2.05) is 49.4 Å². The van der Waals surface area contributed by atoms with Gasteiger partial charge in [-0.3, -0.25) is 14.3 Å². The van der Waals surface area contributed by atoms with Crippen LogP contribution in [0.15, 0.2) is 102 Å². The second-order valence-corrected chi connectivity index (χ2v) is 10.3. The van der Waals surface area contributed by atoms with Gasteiger partial charge in [-0.2, -0.15) is 0 Å². The molecule has 7 nitrogen and oxygen atoms in total. The molecule has 8 heteroatoms. The molecule has 0 bridgehead atoms. The van der Waals surface area contributed by atoms with Crippen molar-refractivity contribution in [3.8, 4) is 0 Å². The van der Waals surface area contributed by atoms with Crippen LogP contribution in [0.25, 0.3) is 0 Å². The van der Waals surface area contributed by atoms with Crippen molar-refractivity contribution in [2.24, 2.45) is 0 Å². The number of carbonyl (C=O) groups excluding carboxylic acids is 2. The third kappa shape index (κ3) is 6.42. The zero-order valence-electron chi connectivity index (χ0n) is 20.5. The van der Waals surface area contributed by atoms with Crippen LogP contribution in [0.1, 0.15) is 37.4 Å². The van der Waals surface area contributed by atoms with Gasteiger partial charge in [-0.05, 0) is 61.4 Å². The van der Waals surface area contributed by atoms with Crippen molar-refractivity contribution in [3.05, 3.63) is 125 Å². The Kier molecular flexibility index (Phi) is 7.69. The lowest BCUT2D eigenvalue weighted by molar-refractivity contribution is 0.0951. The van der Waals surface area contributed by atoms with E-state index >= 15 is 0 Å². The van der Waals surface area contributed by atoms with Gasteiger partial charge in [0.2, 0.25) is 0 Å².